The highest BCUT2D eigenvalue weighted by Crippen LogP contribution is 2.38. The van der Waals surface area contributed by atoms with Crippen LogP contribution in [0.15, 0.2) is 79.5 Å². The molecule has 0 bridgehead atoms. The molecule has 13 nitrogen and oxygen atoms in total. The van der Waals surface area contributed by atoms with Gasteiger partial charge in [-0.2, -0.15) is 5.10 Å². The maximum absolute atomic E-state index is 16.1. The summed E-state index contributed by atoms with van der Waals surface area (Å²) in [6.07, 6.45) is 11.1. The number of piperidine rings is 2. The van der Waals surface area contributed by atoms with Gasteiger partial charge in [0.15, 0.2) is 11.6 Å². The Balaban J connectivity index is 0.808. The first-order valence-corrected chi connectivity index (χ1v) is 21.3. The summed E-state index contributed by atoms with van der Waals surface area (Å²) < 4.78 is 51.2. The summed E-state index contributed by atoms with van der Waals surface area (Å²) in [6.45, 7) is 7.32. The van der Waals surface area contributed by atoms with E-state index in [2.05, 4.69) is 34.7 Å². The van der Waals surface area contributed by atoms with Crippen molar-refractivity contribution < 1.29 is 22.8 Å². The number of amides is 2. The van der Waals surface area contributed by atoms with Gasteiger partial charge >= 0.3 is 0 Å². The first kappa shape index (κ1) is 39.9. The Labute approximate surface area is 350 Å². The Kier molecular flexibility index (Phi) is 11.7. The van der Waals surface area contributed by atoms with Gasteiger partial charge in [0.05, 0.1) is 23.5 Å². The van der Waals surface area contributed by atoms with Gasteiger partial charge in [-0.25, -0.2) is 32.1 Å². The van der Waals surface area contributed by atoms with E-state index in [1.54, 1.807) is 45.9 Å². The molecule has 0 spiro atoms. The summed E-state index contributed by atoms with van der Waals surface area (Å²) in [4.78, 5) is 44.6. The van der Waals surface area contributed by atoms with Crippen molar-refractivity contribution in [2.24, 2.45) is 5.92 Å². The minimum Gasteiger partial charge on any atom is -0.368 e. The van der Waals surface area contributed by atoms with Crippen LogP contribution in [0.25, 0.3) is 28.2 Å². The van der Waals surface area contributed by atoms with Crippen molar-refractivity contribution in [2.45, 2.75) is 44.2 Å². The molecule has 4 saturated heterocycles. The molecule has 17 heteroatoms. The number of alkyl halides is 1. The minimum absolute atomic E-state index is 0.0380. The van der Waals surface area contributed by atoms with Crippen LogP contribution in [0.3, 0.4) is 0 Å². The Morgan fingerprint density at radius 3 is 2.30 bits per heavy atom. The Hall–Kier alpha value is -5.52. The predicted octanol–water partition coefficient (Wildman–Crippen LogP) is 6.25. The number of hydrogen-bond donors (Lipinski definition) is 2. The highest BCUT2D eigenvalue weighted by atomic mass is 32.2. The summed E-state index contributed by atoms with van der Waals surface area (Å²) >= 11 is 1.07. The van der Waals surface area contributed by atoms with Crippen molar-refractivity contribution in [2.75, 3.05) is 73.4 Å². The molecule has 0 radical (unpaired) electrons. The second-order valence-electron chi connectivity index (χ2n) is 15.9. The Morgan fingerprint density at radius 2 is 1.60 bits per heavy atom. The van der Waals surface area contributed by atoms with Gasteiger partial charge in [0.2, 0.25) is 11.8 Å². The van der Waals surface area contributed by atoms with Gasteiger partial charge in [0.1, 0.15) is 23.5 Å². The normalized spacial score (nSPS) is 20.8. The monoisotopic (exact) mass is 837 g/mol. The molecule has 312 valence electrons. The maximum atomic E-state index is 16.1. The lowest BCUT2D eigenvalue weighted by molar-refractivity contribution is -0.134. The zero-order valence-electron chi connectivity index (χ0n) is 33.0. The van der Waals surface area contributed by atoms with Crippen LogP contribution in [0.2, 0.25) is 0 Å². The van der Waals surface area contributed by atoms with Gasteiger partial charge in [-0.05, 0) is 73.6 Å². The van der Waals surface area contributed by atoms with E-state index in [1.807, 2.05) is 30.5 Å². The molecular weight excluding hydrogens is 792 g/mol. The van der Waals surface area contributed by atoms with E-state index >= 15 is 8.78 Å². The van der Waals surface area contributed by atoms with Crippen LogP contribution in [0, 0.1) is 17.6 Å². The van der Waals surface area contributed by atoms with E-state index < -0.39 is 17.8 Å². The second kappa shape index (κ2) is 17.6. The highest BCUT2D eigenvalue weighted by Gasteiger charge is 2.30. The number of imide groups is 1. The van der Waals surface area contributed by atoms with Crippen molar-refractivity contribution in [3.63, 3.8) is 0 Å². The molecule has 5 aromatic rings. The van der Waals surface area contributed by atoms with Crippen LogP contribution in [0.1, 0.15) is 43.6 Å². The van der Waals surface area contributed by atoms with Crippen LogP contribution in [0.4, 0.5) is 30.4 Å². The number of rotatable bonds is 11. The molecule has 1 aromatic carbocycles. The quantitative estimate of drug-likeness (QED) is 0.115. The van der Waals surface area contributed by atoms with Crippen LogP contribution >= 0.6 is 12.1 Å². The number of halogens is 3. The Bertz CT molecular complexity index is 2300. The number of carbonyl (C=O) groups excluding carboxylic acids is 2. The van der Waals surface area contributed by atoms with Crippen molar-refractivity contribution in [1.29, 1.82) is 0 Å². The first-order chi connectivity index (χ1) is 29.2. The third-order valence-electron chi connectivity index (χ3n) is 11.9. The number of piperazine rings is 1. The van der Waals surface area contributed by atoms with Gasteiger partial charge in [0, 0.05) is 125 Å². The smallest absolute Gasteiger partial charge is 0.234 e. The summed E-state index contributed by atoms with van der Waals surface area (Å²) in [5.74, 6) is 0.0249. The van der Waals surface area contributed by atoms with Crippen molar-refractivity contribution >= 4 is 41.1 Å². The first-order valence-electron chi connectivity index (χ1n) is 20.5. The molecule has 9 rings (SSSR count). The van der Waals surface area contributed by atoms with E-state index in [9.17, 15) is 14.0 Å². The molecule has 2 unspecified atom stereocenters. The molecule has 0 aliphatic carbocycles. The van der Waals surface area contributed by atoms with Gasteiger partial charge in [-0.1, -0.05) is 6.07 Å². The lowest BCUT2D eigenvalue weighted by atomic mass is 9.91. The molecule has 2 atom stereocenters. The van der Waals surface area contributed by atoms with Crippen molar-refractivity contribution in [3.8, 4) is 28.2 Å². The molecule has 4 aliphatic heterocycles. The fraction of sp³-hybridized carbons (Fsp3) is 0.395. The molecule has 4 aliphatic rings. The largest absolute Gasteiger partial charge is 0.368 e. The molecule has 2 amide bonds. The molecule has 4 fully saturated rings. The molecule has 60 heavy (non-hydrogen) atoms. The van der Waals surface area contributed by atoms with E-state index in [1.165, 1.54) is 0 Å². The summed E-state index contributed by atoms with van der Waals surface area (Å²) in [5.41, 5.74) is 3.38. The van der Waals surface area contributed by atoms with E-state index in [4.69, 9.17) is 10.1 Å². The number of aromatic nitrogens is 5. The molecular formula is C43H46F3N11O2S. The minimum atomic E-state index is -0.937. The standard InChI is InChI=1S/C43H46F3N11O2S/c44-31-11-16-56(26-31)60-52-37-22-32(45)21-35(41(37)46)36-27-57(51-42(36)29-7-12-47-13-8-29)39-5-2-33(24-49-39)54-19-17-53(18-20-54)25-28-9-14-55(15-10-28)38-4-1-30(23-48-38)34-3-6-40(58)50-43(34)59/h1-2,4-5,7-8,12-13,21-24,27-28,31,34,52H,3,6,9-11,14-20,25-26H2,(H,50,58,59). The highest BCUT2D eigenvalue weighted by molar-refractivity contribution is 7.98. The average molecular weight is 838 g/mol. The third kappa shape index (κ3) is 8.83. The molecule has 8 heterocycles. The van der Waals surface area contributed by atoms with Gasteiger partial charge in [-0.15, -0.1) is 0 Å². The number of anilines is 3. The van der Waals surface area contributed by atoms with Gasteiger partial charge in [0.25, 0.3) is 0 Å². The lowest BCUT2D eigenvalue weighted by Crippen LogP contribution is -2.49. The fourth-order valence-corrected chi connectivity index (χ4v) is 9.37. The number of nitrogens with zero attached hydrogens (tertiary/aromatic N) is 9. The van der Waals surface area contributed by atoms with E-state index in [-0.39, 0.29) is 35.5 Å². The lowest BCUT2D eigenvalue weighted by Gasteiger charge is -2.39. The van der Waals surface area contributed by atoms with E-state index in [0.717, 1.165) is 100.0 Å². The topological polar surface area (TPSA) is 128 Å². The second-order valence-corrected chi connectivity index (χ2v) is 16.8. The summed E-state index contributed by atoms with van der Waals surface area (Å²) in [7, 11) is 0. The van der Waals surface area contributed by atoms with Crippen LogP contribution < -0.4 is 19.8 Å². The third-order valence-corrected chi connectivity index (χ3v) is 12.8. The van der Waals surface area contributed by atoms with Crippen LogP contribution in [0.5, 0.6) is 0 Å². The van der Waals surface area contributed by atoms with E-state index in [0.29, 0.717) is 54.4 Å². The number of hydrogen-bond acceptors (Lipinski definition) is 12. The van der Waals surface area contributed by atoms with Crippen LogP contribution in [-0.4, -0.2) is 111 Å². The van der Waals surface area contributed by atoms with Gasteiger partial charge in [-0.3, -0.25) is 24.8 Å². The average Bonchev–Trinajstić information content (AvgIpc) is 3.91. The number of pyridine rings is 3. The zero-order valence-corrected chi connectivity index (χ0v) is 33.8. The number of nitrogens with one attached hydrogen (secondary N) is 2. The molecule has 2 N–H and O–H groups in total. The number of benzene rings is 1. The summed E-state index contributed by atoms with van der Waals surface area (Å²) in [5, 5.41) is 7.24. The summed E-state index contributed by atoms with van der Waals surface area (Å²) in [6, 6.07) is 13.7. The fourth-order valence-electron chi connectivity index (χ4n) is 8.56. The number of carbonyl (C=O) groups is 2. The maximum Gasteiger partial charge on any atom is 0.234 e. The molecule has 0 saturated carbocycles. The molecule has 4 aromatic heterocycles. The zero-order chi connectivity index (χ0) is 41.2. The van der Waals surface area contributed by atoms with Crippen molar-refractivity contribution in [3.05, 3.63) is 96.7 Å². The van der Waals surface area contributed by atoms with Crippen LogP contribution in [-0.2, 0) is 9.59 Å². The predicted molar refractivity (Wildman–Crippen MR) is 225 cm³/mol. The van der Waals surface area contributed by atoms with Gasteiger partial charge < -0.3 is 14.5 Å². The SMILES string of the molecule is O=C1CCC(c2ccc(N3CCC(CN4CCN(c5ccc(-n6cc(-c7cc(F)cc(NSN8CCC(F)C8)c7F)c(-c7ccncc7)n6)nc5)CC4)CC3)nc2)C(=O)N1. The Morgan fingerprint density at radius 1 is 0.817 bits per heavy atom. The van der Waals surface area contributed by atoms with Crippen molar-refractivity contribution in [1.82, 2.24) is 39.3 Å².